The first kappa shape index (κ1) is 24.3. The van der Waals surface area contributed by atoms with Gasteiger partial charge < -0.3 is 20.1 Å². The van der Waals surface area contributed by atoms with Gasteiger partial charge in [-0.05, 0) is 49.4 Å². The summed E-state index contributed by atoms with van der Waals surface area (Å²) in [6, 6.07) is 16.3. The minimum Gasteiger partial charge on any atom is -0.481 e. The fourth-order valence-electron chi connectivity index (χ4n) is 4.26. The van der Waals surface area contributed by atoms with Gasteiger partial charge >= 0.3 is 12.1 Å². The van der Waals surface area contributed by atoms with Crippen molar-refractivity contribution in [2.75, 3.05) is 19.7 Å². The van der Waals surface area contributed by atoms with E-state index in [-0.39, 0.29) is 37.8 Å². The van der Waals surface area contributed by atoms with Crippen LogP contribution in [0.3, 0.4) is 0 Å². The fraction of sp³-hybridized carbons (Fsp3) is 0.423. The van der Waals surface area contributed by atoms with E-state index in [4.69, 9.17) is 9.84 Å². The van der Waals surface area contributed by atoms with Gasteiger partial charge in [0.05, 0.1) is 6.42 Å². The summed E-state index contributed by atoms with van der Waals surface area (Å²) in [4.78, 5) is 37.3. The summed E-state index contributed by atoms with van der Waals surface area (Å²) in [7, 11) is 0. The first-order valence-electron chi connectivity index (χ1n) is 11.3. The van der Waals surface area contributed by atoms with Crippen LogP contribution in [-0.2, 0) is 14.3 Å². The lowest BCUT2D eigenvalue weighted by molar-refractivity contribution is -0.140. The molecule has 7 heteroatoms. The Kier molecular flexibility index (Phi) is 7.74. The summed E-state index contributed by atoms with van der Waals surface area (Å²) in [5, 5.41) is 11.6. The zero-order valence-electron chi connectivity index (χ0n) is 19.5. The highest BCUT2D eigenvalue weighted by atomic mass is 16.5. The number of carboxylic acid groups (broad SMARTS) is 1. The number of alkyl carbamates (subject to hydrolysis) is 1. The van der Waals surface area contributed by atoms with Crippen LogP contribution in [0.1, 0.15) is 57.1 Å². The van der Waals surface area contributed by atoms with E-state index in [1.807, 2.05) is 45.0 Å². The Hall–Kier alpha value is -3.35. The van der Waals surface area contributed by atoms with Crippen molar-refractivity contribution in [3.8, 4) is 11.1 Å². The minimum atomic E-state index is -0.936. The second kappa shape index (κ2) is 10.5. The van der Waals surface area contributed by atoms with Crippen LogP contribution < -0.4 is 5.32 Å². The van der Waals surface area contributed by atoms with E-state index in [0.29, 0.717) is 13.0 Å². The Balaban J connectivity index is 1.46. The number of nitrogens with one attached hydrogen (secondary N) is 1. The number of carbonyl (C=O) groups is 3. The van der Waals surface area contributed by atoms with E-state index < -0.39 is 17.6 Å². The average Bonchev–Trinajstić information content (AvgIpc) is 3.08. The van der Waals surface area contributed by atoms with Crippen molar-refractivity contribution < 1.29 is 24.2 Å². The zero-order chi connectivity index (χ0) is 24.0. The molecule has 2 amide bonds. The van der Waals surface area contributed by atoms with E-state index in [1.54, 1.807) is 4.90 Å². The fourth-order valence-corrected chi connectivity index (χ4v) is 4.26. The van der Waals surface area contributed by atoms with Crippen molar-refractivity contribution in [3.05, 3.63) is 59.7 Å². The number of amides is 2. The van der Waals surface area contributed by atoms with Crippen LogP contribution in [0.5, 0.6) is 0 Å². The van der Waals surface area contributed by atoms with Crippen LogP contribution in [0.2, 0.25) is 0 Å². The highest BCUT2D eigenvalue weighted by molar-refractivity contribution is 5.79. The molecule has 7 nitrogen and oxygen atoms in total. The highest BCUT2D eigenvalue weighted by Gasteiger charge is 2.29. The third kappa shape index (κ3) is 6.12. The maximum atomic E-state index is 12.6. The molecular weight excluding hydrogens is 420 g/mol. The van der Waals surface area contributed by atoms with Crippen molar-refractivity contribution in [2.45, 2.75) is 51.5 Å². The second-order valence-electron chi connectivity index (χ2n) is 9.22. The predicted molar refractivity (Wildman–Crippen MR) is 126 cm³/mol. The molecule has 1 aliphatic carbocycles. The summed E-state index contributed by atoms with van der Waals surface area (Å²) in [5.74, 6) is -1.06. The maximum absolute atomic E-state index is 12.6. The first-order chi connectivity index (χ1) is 15.7. The van der Waals surface area contributed by atoms with Crippen molar-refractivity contribution >= 4 is 18.0 Å². The molecule has 0 atom stereocenters. The van der Waals surface area contributed by atoms with Crippen LogP contribution in [0, 0.1) is 0 Å². The average molecular weight is 453 g/mol. The smallest absolute Gasteiger partial charge is 0.407 e. The number of hydrogen-bond donors (Lipinski definition) is 2. The lowest BCUT2D eigenvalue weighted by Gasteiger charge is -2.35. The number of rotatable bonds is 9. The van der Waals surface area contributed by atoms with Gasteiger partial charge in [0.25, 0.3) is 0 Å². The Morgan fingerprint density at radius 2 is 1.55 bits per heavy atom. The number of benzene rings is 2. The summed E-state index contributed by atoms with van der Waals surface area (Å²) in [5.41, 5.74) is 4.19. The molecule has 0 aliphatic heterocycles. The van der Waals surface area contributed by atoms with Crippen molar-refractivity contribution in [3.63, 3.8) is 0 Å². The first-order valence-corrected chi connectivity index (χ1v) is 11.3. The summed E-state index contributed by atoms with van der Waals surface area (Å²) < 4.78 is 5.50. The van der Waals surface area contributed by atoms with Gasteiger partial charge in [-0.1, -0.05) is 48.5 Å². The lowest BCUT2D eigenvalue weighted by Crippen LogP contribution is -2.46. The molecule has 0 radical (unpaired) electrons. The van der Waals surface area contributed by atoms with Gasteiger partial charge in [-0.15, -0.1) is 0 Å². The van der Waals surface area contributed by atoms with Crippen molar-refractivity contribution in [1.29, 1.82) is 0 Å². The molecule has 0 spiro atoms. The maximum Gasteiger partial charge on any atom is 0.407 e. The molecule has 2 aromatic carbocycles. The van der Waals surface area contributed by atoms with Gasteiger partial charge in [-0.2, -0.15) is 0 Å². The van der Waals surface area contributed by atoms with E-state index in [2.05, 4.69) is 29.6 Å². The SMILES string of the molecule is CC(C)(C)N(CCC(=O)O)C(=O)CCCNC(=O)OCC1c2ccccc2-c2ccccc21. The summed E-state index contributed by atoms with van der Waals surface area (Å²) in [6.07, 6.45) is 0.0624. The molecule has 0 bridgehead atoms. The van der Waals surface area contributed by atoms with Gasteiger partial charge in [0.2, 0.25) is 5.91 Å². The molecular formula is C26H32N2O5. The monoisotopic (exact) mass is 452 g/mol. The Morgan fingerprint density at radius 1 is 0.970 bits per heavy atom. The van der Waals surface area contributed by atoms with Crippen molar-refractivity contribution in [1.82, 2.24) is 10.2 Å². The Bertz CT molecular complexity index is 966. The van der Waals surface area contributed by atoms with Gasteiger partial charge in [0, 0.05) is 31.0 Å². The van der Waals surface area contributed by atoms with Crippen LogP contribution in [0.15, 0.2) is 48.5 Å². The van der Waals surface area contributed by atoms with Gasteiger partial charge in [0.15, 0.2) is 0 Å². The molecule has 0 heterocycles. The number of aliphatic carboxylic acids is 1. The Labute approximate surface area is 194 Å². The van der Waals surface area contributed by atoms with Crippen LogP contribution in [-0.4, -0.2) is 53.2 Å². The summed E-state index contributed by atoms with van der Waals surface area (Å²) in [6.45, 7) is 6.34. The van der Waals surface area contributed by atoms with Crippen molar-refractivity contribution in [2.24, 2.45) is 0 Å². The summed E-state index contributed by atoms with van der Waals surface area (Å²) >= 11 is 0. The quantitative estimate of drug-likeness (QED) is 0.550. The molecule has 33 heavy (non-hydrogen) atoms. The van der Waals surface area contributed by atoms with E-state index in [1.165, 1.54) is 11.1 Å². The molecule has 0 fully saturated rings. The normalized spacial score (nSPS) is 12.6. The van der Waals surface area contributed by atoms with E-state index >= 15 is 0 Å². The van der Waals surface area contributed by atoms with Crippen LogP contribution >= 0.6 is 0 Å². The molecule has 176 valence electrons. The molecule has 0 saturated carbocycles. The lowest BCUT2D eigenvalue weighted by atomic mass is 9.98. The molecule has 2 N–H and O–H groups in total. The third-order valence-electron chi connectivity index (χ3n) is 5.84. The molecule has 0 unspecified atom stereocenters. The highest BCUT2D eigenvalue weighted by Crippen LogP contribution is 2.44. The van der Waals surface area contributed by atoms with Gasteiger partial charge in [0.1, 0.15) is 6.61 Å². The number of carboxylic acids is 1. The number of nitrogens with zero attached hydrogens (tertiary/aromatic N) is 1. The minimum absolute atomic E-state index is 0.000642. The number of fused-ring (bicyclic) bond motifs is 3. The third-order valence-corrected chi connectivity index (χ3v) is 5.84. The standard InChI is InChI=1S/C26H32N2O5/c1-26(2,3)28(16-14-24(30)31)23(29)13-8-15-27-25(32)33-17-22-20-11-6-4-9-18(20)19-10-5-7-12-21(19)22/h4-7,9-12,22H,8,13-17H2,1-3H3,(H,27,32)(H,30,31). The number of hydrogen-bond acceptors (Lipinski definition) is 4. The predicted octanol–water partition coefficient (Wildman–Crippen LogP) is 4.41. The zero-order valence-corrected chi connectivity index (χ0v) is 19.5. The Morgan fingerprint density at radius 3 is 2.09 bits per heavy atom. The molecule has 2 aromatic rings. The molecule has 3 rings (SSSR count). The van der Waals surface area contributed by atoms with Gasteiger partial charge in [-0.25, -0.2) is 4.79 Å². The van der Waals surface area contributed by atoms with Crippen LogP contribution in [0.4, 0.5) is 4.79 Å². The molecule has 0 aromatic heterocycles. The van der Waals surface area contributed by atoms with E-state index in [9.17, 15) is 14.4 Å². The largest absolute Gasteiger partial charge is 0.481 e. The number of carbonyl (C=O) groups excluding carboxylic acids is 2. The second-order valence-corrected chi connectivity index (χ2v) is 9.22. The number of ether oxygens (including phenoxy) is 1. The van der Waals surface area contributed by atoms with E-state index in [0.717, 1.165) is 11.1 Å². The van der Waals surface area contributed by atoms with Crippen LogP contribution in [0.25, 0.3) is 11.1 Å². The van der Waals surface area contributed by atoms with Gasteiger partial charge in [-0.3, -0.25) is 9.59 Å². The topological polar surface area (TPSA) is 95.9 Å². The molecule has 1 aliphatic rings. The molecule has 0 saturated heterocycles.